The number of nitrogens with zero attached hydrogens (tertiary/aromatic N) is 2. The molecule has 114 valence electrons. The maximum atomic E-state index is 12.7. The van der Waals surface area contributed by atoms with Crippen LogP contribution in [0.1, 0.15) is 16.7 Å². The second-order valence-corrected chi connectivity index (χ2v) is 8.05. The minimum absolute atomic E-state index is 0.0812. The van der Waals surface area contributed by atoms with E-state index in [1.807, 2.05) is 13.0 Å². The molecule has 1 aliphatic rings. The van der Waals surface area contributed by atoms with Crippen LogP contribution in [0.4, 0.5) is 0 Å². The fourth-order valence-corrected chi connectivity index (χ4v) is 4.93. The summed E-state index contributed by atoms with van der Waals surface area (Å²) in [7, 11) is -5.37. The van der Waals surface area contributed by atoms with Gasteiger partial charge in [-0.3, -0.25) is 0 Å². The molecular weight excluding hydrogens is 343 g/mol. The fourth-order valence-electron chi connectivity index (χ4n) is 2.19. The quantitative estimate of drug-likeness (QED) is 0.853. The van der Waals surface area contributed by atoms with Gasteiger partial charge in [0.1, 0.15) is 4.90 Å². The minimum atomic E-state index is -4.02. The number of sulfonamides is 1. The third kappa shape index (κ3) is 2.46. The summed E-state index contributed by atoms with van der Waals surface area (Å²) in [4.78, 5) is 1.75. The van der Waals surface area contributed by atoms with Crippen LogP contribution in [-0.2, 0) is 16.4 Å². The van der Waals surface area contributed by atoms with Crippen LogP contribution in [0, 0.1) is 0 Å². The molecule has 1 aromatic heterocycles. The van der Waals surface area contributed by atoms with Gasteiger partial charge in [-0.05, 0) is 30.1 Å². The fraction of sp³-hybridized carbons (Fsp3) is 0.154. The number of hydrogen-bond donors (Lipinski definition) is 1. The predicted octanol–water partition coefficient (Wildman–Crippen LogP) is 1.69. The molecule has 2 heterocycles. The van der Waals surface area contributed by atoms with Crippen molar-refractivity contribution in [1.82, 2.24) is 4.33 Å². The number of halogens is 1. The highest BCUT2D eigenvalue weighted by molar-refractivity contribution is 7.90. The van der Waals surface area contributed by atoms with E-state index in [1.165, 1.54) is 29.7 Å². The van der Waals surface area contributed by atoms with Gasteiger partial charge in [-0.25, -0.2) is 8.42 Å². The molecule has 1 aliphatic heterocycles. The van der Waals surface area contributed by atoms with Crippen molar-refractivity contribution in [1.29, 1.82) is 0 Å². The Morgan fingerprint density at radius 1 is 1.41 bits per heavy atom. The van der Waals surface area contributed by atoms with Gasteiger partial charge in [-0.1, -0.05) is 30.7 Å². The second kappa shape index (κ2) is 5.70. The van der Waals surface area contributed by atoms with Gasteiger partial charge in [0.25, 0.3) is 10.0 Å². The van der Waals surface area contributed by atoms with Crippen LogP contribution >= 0.6 is 22.9 Å². The molecule has 0 amide bonds. The number of benzene rings is 1. The molecule has 22 heavy (non-hydrogen) atoms. The van der Waals surface area contributed by atoms with Crippen molar-refractivity contribution in [3.63, 3.8) is 0 Å². The van der Waals surface area contributed by atoms with Crippen molar-refractivity contribution in [3.05, 3.63) is 45.1 Å². The Morgan fingerprint density at radius 3 is 2.82 bits per heavy atom. The smallest absolute Gasteiger partial charge is 0.427 e. The predicted molar refractivity (Wildman–Crippen MR) is 89.4 cm³/mol. The van der Waals surface area contributed by atoms with Crippen molar-refractivity contribution in [2.75, 3.05) is 0 Å². The molecule has 0 saturated heterocycles. The molecule has 2 aromatic rings. The number of rotatable bonds is 3. The third-order valence-electron chi connectivity index (χ3n) is 3.33. The summed E-state index contributed by atoms with van der Waals surface area (Å²) in [6, 6.07) is 7.90. The zero-order valence-corrected chi connectivity index (χ0v) is 14.0. The van der Waals surface area contributed by atoms with Crippen LogP contribution in [0.2, 0.25) is 5.02 Å². The second-order valence-electron chi connectivity index (χ2n) is 4.71. The highest BCUT2D eigenvalue weighted by Crippen LogP contribution is 2.27. The summed E-state index contributed by atoms with van der Waals surface area (Å²) in [5.41, 5.74) is 0.549. The normalized spacial score (nSPS) is 14.3. The van der Waals surface area contributed by atoms with Gasteiger partial charge < -0.3 is 5.02 Å². The van der Waals surface area contributed by atoms with Crippen LogP contribution in [0.5, 0.6) is 0 Å². The lowest BCUT2D eigenvalue weighted by Crippen LogP contribution is -2.51. The summed E-state index contributed by atoms with van der Waals surface area (Å²) in [6.07, 6.45) is 2.27. The maximum absolute atomic E-state index is 12.7. The Balaban J connectivity index is 2.05. The van der Waals surface area contributed by atoms with E-state index in [0.29, 0.717) is 9.79 Å². The Morgan fingerprint density at radius 2 is 2.14 bits per heavy atom. The van der Waals surface area contributed by atoms with E-state index in [4.69, 9.17) is 11.6 Å². The Kier molecular flexibility index (Phi) is 4.02. The van der Waals surface area contributed by atoms with Gasteiger partial charge in [-0.2, -0.15) is 9.43 Å². The number of hydrazone groups is 1. The van der Waals surface area contributed by atoms with Crippen molar-refractivity contribution in [3.8, 4) is 0 Å². The zero-order chi connectivity index (χ0) is 15.9. The molecule has 0 saturated carbocycles. The lowest BCUT2D eigenvalue weighted by Gasteiger charge is -2.24. The summed E-state index contributed by atoms with van der Waals surface area (Å²) in [6.45, 7) is 2.00. The van der Waals surface area contributed by atoms with Crippen LogP contribution in [0.25, 0.3) is 0 Å². The van der Waals surface area contributed by atoms with Crippen molar-refractivity contribution < 1.29 is 13.4 Å². The van der Waals surface area contributed by atoms with E-state index in [0.717, 1.165) is 16.2 Å². The van der Waals surface area contributed by atoms with Crippen molar-refractivity contribution >= 4 is 51.7 Å². The van der Waals surface area contributed by atoms with E-state index in [2.05, 4.69) is 5.10 Å². The molecule has 5 nitrogen and oxygen atoms in total. The summed E-state index contributed by atoms with van der Waals surface area (Å²) >= 11 is 7.46. The molecule has 0 fully saturated rings. The van der Waals surface area contributed by atoms with Crippen LogP contribution < -0.4 is 5.46 Å². The third-order valence-corrected chi connectivity index (χ3v) is 6.70. The van der Waals surface area contributed by atoms with E-state index >= 15 is 0 Å². The number of hydrogen-bond acceptors (Lipinski definition) is 5. The topological polar surface area (TPSA) is 70.0 Å². The van der Waals surface area contributed by atoms with Gasteiger partial charge in [0.2, 0.25) is 0 Å². The molecule has 0 radical (unpaired) electrons. The number of fused-ring (bicyclic) bond motifs is 1. The molecule has 0 atom stereocenters. The maximum Gasteiger partial charge on any atom is 0.485 e. The average molecular weight is 355 g/mol. The largest absolute Gasteiger partial charge is 0.485 e. The van der Waals surface area contributed by atoms with E-state index in [-0.39, 0.29) is 9.92 Å². The summed E-state index contributed by atoms with van der Waals surface area (Å²) in [5.74, 6) is 0. The highest BCUT2D eigenvalue weighted by atomic mass is 35.5. The summed E-state index contributed by atoms with van der Waals surface area (Å²) in [5, 5.41) is 14.4. The van der Waals surface area contributed by atoms with E-state index < -0.39 is 17.1 Å². The average Bonchev–Trinajstić information content (AvgIpc) is 2.92. The van der Waals surface area contributed by atoms with Gasteiger partial charge in [0.05, 0.1) is 11.2 Å². The highest BCUT2D eigenvalue weighted by Gasteiger charge is 2.39. The molecule has 0 spiro atoms. The lowest BCUT2D eigenvalue weighted by atomic mass is 9.74. The number of thiophene rings is 1. The molecule has 9 heteroatoms. The molecular formula is C13H12BClN2O3S2. The van der Waals surface area contributed by atoms with Crippen LogP contribution in [0.15, 0.2) is 40.3 Å². The molecule has 0 bridgehead atoms. The summed E-state index contributed by atoms with van der Waals surface area (Å²) < 4.78 is 26.0. The van der Waals surface area contributed by atoms with Crippen LogP contribution in [0.3, 0.4) is 0 Å². The van der Waals surface area contributed by atoms with Gasteiger partial charge >= 0.3 is 7.05 Å². The van der Waals surface area contributed by atoms with Gasteiger partial charge in [0, 0.05) is 9.75 Å². The van der Waals surface area contributed by atoms with E-state index in [9.17, 15) is 13.4 Å². The SMILES string of the molecule is CCc1cc2c(s1)C=NN(S(=O)(=O)c1ccccc1Cl)B2O. The van der Waals surface area contributed by atoms with Crippen LogP contribution in [-0.4, -0.2) is 31.0 Å². The first kappa shape index (κ1) is 15.5. The Labute approximate surface area is 138 Å². The monoisotopic (exact) mass is 354 g/mol. The standard InChI is InChI=1S/C13H12BClN2O3S2/c1-2-9-7-10-12(21-9)8-16-17(14(10)18)22(19,20)13-6-4-3-5-11(13)15/h3-8,18H,2H2,1H3. The molecule has 1 N–H and O–H groups in total. The Hall–Kier alpha value is -1.35. The molecule has 0 unspecified atom stereocenters. The van der Waals surface area contributed by atoms with Gasteiger partial charge in [-0.15, -0.1) is 11.3 Å². The first-order valence-electron chi connectivity index (χ1n) is 6.58. The van der Waals surface area contributed by atoms with Crippen molar-refractivity contribution in [2.24, 2.45) is 5.10 Å². The zero-order valence-electron chi connectivity index (χ0n) is 11.6. The molecule has 3 rings (SSSR count). The number of aryl methyl sites for hydroxylation is 1. The van der Waals surface area contributed by atoms with Gasteiger partial charge in [0.15, 0.2) is 0 Å². The molecule has 0 aliphatic carbocycles. The van der Waals surface area contributed by atoms with Crippen molar-refractivity contribution in [2.45, 2.75) is 18.2 Å². The molecule has 1 aromatic carbocycles. The van der Waals surface area contributed by atoms with E-state index in [1.54, 1.807) is 12.1 Å². The first-order valence-corrected chi connectivity index (χ1v) is 9.22. The minimum Gasteiger partial charge on any atom is -0.427 e. The first-order chi connectivity index (χ1) is 10.4. The lowest BCUT2D eigenvalue weighted by molar-refractivity contribution is 0.476. The Bertz CT molecular complexity index is 851.